The Morgan fingerprint density at radius 3 is 2.71 bits per heavy atom. The molecule has 1 saturated heterocycles. The summed E-state index contributed by atoms with van der Waals surface area (Å²) in [5, 5.41) is 3.52. The van der Waals surface area contributed by atoms with Gasteiger partial charge in [-0.3, -0.25) is 0 Å². The highest BCUT2D eigenvalue weighted by atomic mass is 19.1. The lowest BCUT2D eigenvalue weighted by molar-refractivity contribution is 0.00932. The highest BCUT2D eigenvalue weighted by Gasteiger charge is 2.31. The van der Waals surface area contributed by atoms with Crippen LogP contribution in [0.5, 0.6) is 0 Å². The molecular formula is C19H29FN2O2. The van der Waals surface area contributed by atoms with E-state index in [-0.39, 0.29) is 18.0 Å². The first kappa shape index (κ1) is 18.7. The van der Waals surface area contributed by atoms with E-state index in [4.69, 9.17) is 4.74 Å². The summed E-state index contributed by atoms with van der Waals surface area (Å²) in [6.07, 6.45) is 1.55. The second kappa shape index (κ2) is 7.51. The molecule has 1 heterocycles. The van der Waals surface area contributed by atoms with Gasteiger partial charge in [-0.25, -0.2) is 9.18 Å². The number of halogens is 1. The fourth-order valence-electron chi connectivity index (χ4n) is 3.03. The van der Waals surface area contributed by atoms with Crippen molar-refractivity contribution in [2.75, 3.05) is 6.54 Å². The van der Waals surface area contributed by atoms with Crippen LogP contribution in [0.1, 0.15) is 51.7 Å². The van der Waals surface area contributed by atoms with Gasteiger partial charge in [-0.1, -0.05) is 12.1 Å². The molecule has 24 heavy (non-hydrogen) atoms. The monoisotopic (exact) mass is 336 g/mol. The molecule has 4 nitrogen and oxygen atoms in total. The maximum Gasteiger partial charge on any atom is 0.410 e. The Morgan fingerprint density at radius 1 is 1.42 bits per heavy atom. The Hall–Kier alpha value is -1.62. The summed E-state index contributed by atoms with van der Waals surface area (Å²) in [5.74, 6) is -0.168. The summed E-state index contributed by atoms with van der Waals surface area (Å²) in [6, 6.07) is 5.70. The number of nitrogens with one attached hydrogen (secondary N) is 1. The molecule has 1 aromatic rings. The van der Waals surface area contributed by atoms with Gasteiger partial charge in [-0.2, -0.15) is 0 Å². The number of piperidine rings is 1. The Labute approximate surface area is 144 Å². The zero-order valence-corrected chi connectivity index (χ0v) is 15.4. The van der Waals surface area contributed by atoms with Crippen molar-refractivity contribution in [3.63, 3.8) is 0 Å². The molecule has 1 N–H and O–H groups in total. The zero-order chi connectivity index (χ0) is 17.9. The predicted molar refractivity (Wildman–Crippen MR) is 93.4 cm³/mol. The molecule has 0 bridgehead atoms. The lowest BCUT2D eigenvalue weighted by Gasteiger charge is -2.38. The number of hydrogen-bond donors (Lipinski definition) is 1. The smallest absolute Gasteiger partial charge is 0.410 e. The van der Waals surface area contributed by atoms with Crippen molar-refractivity contribution >= 4 is 6.09 Å². The van der Waals surface area contributed by atoms with Crippen molar-refractivity contribution in [3.8, 4) is 0 Å². The van der Waals surface area contributed by atoms with Crippen LogP contribution in [0, 0.1) is 12.7 Å². The normalized spacial score (nSPS) is 21.7. The summed E-state index contributed by atoms with van der Waals surface area (Å²) < 4.78 is 18.8. The van der Waals surface area contributed by atoms with Gasteiger partial charge in [0.1, 0.15) is 11.4 Å². The van der Waals surface area contributed by atoms with Gasteiger partial charge in [-0.05, 0) is 64.7 Å². The third-order valence-electron chi connectivity index (χ3n) is 4.32. The Balaban J connectivity index is 1.84. The fourth-order valence-corrected chi connectivity index (χ4v) is 3.03. The number of carbonyl (C=O) groups is 1. The maximum atomic E-state index is 13.3. The average Bonchev–Trinajstić information content (AvgIpc) is 2.46. The highest BCUT2D eigenvalue weighted by molar-refractivity contribution is 5.68. The molecular weight excluding hydrogens is 307 g/mol. The average molecular weight is 336 g/mol. The van der Waals surface area contributed by atoms with Gasteiger partial charge in [0.25, 0.3) is 0 Å². The third kappa shape index (κ3) is 5.20. The first-order chi connectivity index (χ1) is 11.2. The largest absolute Gasteiger partial charge is 0.444 e. The molecule has 0 aromatic heterocycles. The summed E-state index contributed by atoms with van der Waals surface area (Å²) >= 11 is 0. The summed E-state index contributed by atoms with van der Waals surface area (Å²) in [7, 11) is 0. The number of aryl methyl sites for hydroxylation is 1. The van der Waals surface area contributed by atoms with Gasteiger partial charge in [0.05, 0.1) is 0 Å². The lowest BCUT2D eigenvalue weighted by atomic mass is 9.98. The number of nitrogens with zero attached hydrogens (tertiary/aromatic N) is 1. The van der Waals surface area contributed by atoms with Gasteiger partial charge >= 0.3 is 6.09 Å². The first-order valence-corrected chi connectivity index (χ1v) is 8.64. The van der Waals surface area contributed by atoms with E-state index >= 15 is 0 Å². The van der Waals surface area contributed by atoms with Crippen molar-refractivity contribution < 1.29 is 13.9 Å². The van der Waals surface area contributed by atoms with Crippen LogP contribution in [0.25, 0.3) is 0 Å². The molecule has 1 aliphatic rings. The SMILES string of the molecule is Cc1cc(CNC2CCN(C(=O)OC(C)(C)C)C(C)C2)ccc1F. The number of likely N-dealkylation sites (tertiary alicyclic amines) is 1. The van der Waals surface area contributed by atoms with Crippen LogP contribution in [-0.4, -0.2) is 35.2 Å². The van der Waals surface area contributed by atoms with Crippen LogP contribution in [-0.2, 0) is 11.3 Å². The summed E-state index contributed by atoms with van der Waals surface area (Å²) in [4.78, 5) is 14.0. The number of hydrogen-bond acceptors (Lipinski definition) is 3. The molecule has 134 valence electrons. The molecule has 0 spiro atoms. The van der Waals surface area contributed by atoms with E-state index in [1.165, 1.54) is 6.07 Å². The van der Waals surface area contributed by atoms with E-state index < -0.39 is 5.60 Å². The van der Waals surface area contributed by atoms with Crippen molar-refractivity contribution in [2.45, 2.75) is 71.7 Å². The Kier molecular flexibility index (Phi) is 5.86. The quantitative estimate of drug-likeness (QED) is 0.907. The van der Waals surface area contributed by atoms with Crippen LogP contribution in [0.2, 0.25) is 0 Å². The van der Waals surface area contributed by atoms with E-state index in [2.05, 4.69) is 12.2 Å². The minimum absolute atomic E-state index is 0.140. The molecule has 2 atom stereocenters. The van der Waals surface area contributed by atoms with E-state index in [1.807, 2.05) is 37.8 Å². The third-order valence-corrected chi connectivity index (χ3v) is 4.32. The molecule has 0 aliphatic carbocycles. The van der Waals surface area contributed by atoms with Crippen LogP contribution < -0.4 is 5.32 Å². The topological polar surface area (TPSA) is 41.6 Å². The van der Waals surface area contributed by atoms with Crippen molar-refractivity contribution in [3.05, 3.63) is 35.1 Å². The molecule has 2 rings (SSSR count). The molecule has 1 aromatic carbocycles. The molecule has 1 fully saturated rings. The lowest BCUT2D eigenvalue weighted by Crippen LogP contribution is -2.50. The molecule has 0 saturated carbocycles. The van der Waals surface area contributed by atoms with E-state index in [9.17, 15) is 9.18 Å². The Bertz CT molecular complexity index is 583. The van der Waals surface area contributed by atoms with Crippen LogP contribution >= 0.6 is 0 Å². The second-order valence-corrected chi connectivity index (χ2v) is 7.71. The van der Waals surface area contributed by atoms with Crippen LogP contribution in [0.4, 0.5) is 9.18 Å². The second-order valence-electron chi connectivity index (χ2n) is 7.71. The molecule has 0 radical (unpaired) electrons. The molecule has 1 amide bonds. The van der Waals surface area contributed by atoms with Crippen molar-refractivity contribution in [1.82, 2.24) is 10.2 Å². The van der Waals surface area contributed by atoms with Crippen molar-refractivity contribution in [2.24, 2.45) is 0 Å². The molecule has 5 heteroatoms. The Morgan fingerprint density at radius 2 is 2.12 bits per heavy atom. The minimum atomic E-state index is -0.466. The van der Waals surface area contributed by atoms with Gasteiger partial charge in [-0.15, -0.1) is 0 Å². The van der Waals surface area contributed by atoms with Gasteiger partial charge in [0.15, 0.2) is 0 Å². The molecule has 1 aliphatic heterocycles. The fraction of sp³-hybridized carbons (Fsp3) is 0.632. The van der Waals surface area contributed by atoms with E-state index in [1.54, 1.807) is 6.92 Å². The number of amides is 1. The zero-order valence-electron chi connectivity index (χ0n) is 15.4. The first-order valence-electron chi connectivity index (χ1n) is 8.64. The highest BCUT2D eigenvalue weighted by Crippen LogP contribution is 2.21. The number of carbonyl (C=O) groups excluding carboxylic acids is 1. The minimum Gasteiger partial charge on any atom is -0.444 e. The molecule has 2 unspecified atom stereocenters. The van der Waals surface area contributed by atoms with Crippen molar-refractivity contribution in [1.29, 1.82) is 0 Å². The van der Waals surface area contributed by atoms with Gasteiger partial charge in [0, 0.05) is 25.2 Å². The van der Waals surface area contributed by atoms with Crippen LogP contribution in [0.15, 0.2) is 18.2 Å². The standard InChI is InChI=1S/C19H29FN2O2/c1-13-10-15(6-7-17(13)20)12-21-16-8-9-22(14(2)11-16)18(23)24-19(3,4)5/h6-7,10,14,16,21H,8-9,11-12H2,1-5H3. The van der Waals surface area contributed by atoms with Gasteiger partial charge in [0.2, 0.25) is 0 Å². The number of benzene rings is 1. The van der Waals surface area contributed by atoms with Crippen LogP contribution in [0.3, 0.4) is 0 Å². The van der Waals surface area contributed by atoms with Gasteiger partial charge < -0.3 is 15.0 Å². The van der Waals surface area contributed by atoms with E-state index in [0.717, 1.165) is 18.4 Å². The maximum absolute atomic E-state index is 13.3. The summed E-state index contributed by atoms with van der Waals surface area (Å²) in [5.41, 5.74) is 1.28. The summed E-state index contributed by atoms with van der Waals surface area (Å²) in [6.45, 7) is 10.9. The number of ether oxygens (including phenoxy) is 1. The number of rotatable bonds is 3. The predicted octanol–water partition coefficient (Wildman–Crippen LogP) is 4.01. The van der Waals surface area contributed by atoms with E-state index in [0.29, 0.717) is 24.7 Å².